The van der Waals surface area contributed by atoms with Gasteiger partial charge >= 0.3 is 0 Å². The van der Waals surface area contributed by atoms with Crippen LogP contribution in [-0.2, 0) is 11.2 Å². The highest BCUT2D eigenvalue weighted by Gasteiger charge is 2.24. The molecule has 1 aliphatic rings. The van der Waals surface area contributed by atoms with Crippen LogP contribution < -0.4 is 9.47 Å². The third-order valence-electron chi connectivity index (χ3n) is 4.78. The molecule has 1 fully saturated rings. The molecule has 3 rings (SSSR count). The number of ether oxygens (including phenoxy) is 2. The predicted octanol–water partition coefficient (Wildman–Crippen LogP) is 3.34. The molecule has 2 heterocycles. The third-order valence-corrected chi connectivity index (χ3v) is 4.78. The van der Waals surface area contributed by atoms with Crippen molar-refractivity contribution < 1.29 is 14.3 Å². The summed E-state index contributed by atoms with van der Waals surface area (Å²) in [6, 6.07) is 11.6. The zero-order chi connectivity index (χ0) is 18.2. The van der Waals surface area contributed by atoms with Gasteiger partial charge in [-0.1, -0.05) is 6.07 Å². The van der Waals surface area contributed by atoms with E-state index in [2.05, 4.69) is 4.98 Å². The number of hydrogen-bond acceptors (Lipinski definition) is 4. The lowest BCUT2D eigenvalue weighted by Crippen LogP contribution is -2.41. The smallest absolute Gasteiger partial charge is 0.222 e. The van der Waals surface area contributed by atoms with Crippen LogP contribution >= 0.6 is 0 Å². The summed E-state index contributed by atoms with van der Waals surface area (Å²) in [5, 5.41) is 0. The Morgan fingerprint density at radius 1 is 1.23 bits per heavy atom. The summed E-state index contributed by atoms with van der Waals surface area (Å²) in [4.78, 5) is 18.5. The molecule has 1 amide bonds. The standard InChI is InChI=1S/C21H26N2O3/c1-25-19-5-2-6-20(14-19)26-16-18-4-3-13-23(15-18)21(24)8-7-17-9-11-22-12-10-17/h2,5-6,9-12,14,18H,3-4,7-8,13,15-16H2,1H3. The minimum atomic E-state index is 0.230. The second-order valence-corrected chi connectivity index (χ2v) is 6.69. The molecule has 5 heteroatoms. The van der Waals surface area contributed by atoms with E-state index in [-0.39, 0.29) is 5.91 Å². The van der Waals surface area contributed by atoms with Gasteiger partial charge in [0.25, 0.3) is 0 Å². The van der Waals surface area contributed by atoms with Crippen LogP contribution in [0.3, 0.4) is 0 Å². The molecule has 0 saturated carbocycles. The van der Waals surface area contributed by atoms with E-state index in [1.807, 2.05) is 41.3 Å². The Balaban J connectivity index is 1.46. The summed E-state index contributed by atoms with van der Waals surface area (Å²) in [6.45, 7) is 2.26. The van der Waals surface area contributed by atoms with E-state index in [4.69, 9.17) is 9.47 Å². The number of aromatic nitrogens is 1. The molecular weight excluding hydrogens is 328 g/mol. The molecule has 1 atom stereocenters. The Morgan fingerprint density at radius 2 is 2.04 bits per heavy atom. The van der Waals surface area contributed by atoms with Crippen molar-refractivity contribution >= 4 is 5.91 Å². The average molecular weight is 354 g/mol. The van der Waals surface area contributed by atoms with Crippen LogP contribution in [0.15, 0.2) is 48.8 Å². The molecule has 26 heavy (non-hydrogen) atoms. The Bertz CT molecular complexity index is 705. The number of pyridine rings is 1. The van der Waals surface area contributed by atoms with Gasteiger partial charge in [-0.2, -0.15) is 0 Å². The molecule has 1 unspecified atom stereocenters. The number of likely N-dealkylation sites (tertiary alicyclic amines) is 1. The summed E-state index contributed by atoms with van der Waals surface area (Å²) in [7, 11) is 1.65. The Kier molecular flexibility index (Phi) is 6.47. The van der Waals surface area contributed by atoms with Gasteiger partial charge in [-0.3, -0.25) is 9.78 Å². The molecule has 0 bridgehead atoms. The summed E-state index contributed by atoms with van der Waals surface area (Å²) in [6.07, 6.45) is 6.99. The summed E-state index contributed by atoms with van der Waals surface area (Å²) in [5.41, 5.74) is 1.16. The number of aryl methyl sites for hydroxylation is 1. The summed E-state index contributed by atoms with van der Waals surface area (Å²) < 4.78 is 11.1. The largest absolute Gasteiger partial charge is 0.497 e. The lowest BCUT2D eigenvalue weighted by Gasteiger charge is -2.32. The van der Waals surface area contributed by atoms with Crippen molar-refractivity contribution in [2.45, 2.75) is 25.7 Å². The van der Waals surface area contributed by atoms with Gasteiger partial charge in [-0.25, -0.2) is 0 Å². The minimum Gasteiger partial charge on any atom is -0.497 e. The molecule has 5 nitrogen and oxygen atoms in total. The van der Waals surface area contributed by atoms with Crippen LogP contribution in [0.4, 0.5) is 0 Å². The van der Waals surface area contributed by atoms with Crippen molar-refractivity contribution in [3.63, 3.8) is 0 Å². The fourth-order valence-corrected chi connectivity index (χ4v) is 3.29. The Morgan fingerprint density at radius 3 is 2.85 bits per heavy atom. The monoisotopic (exact) mass is 354 g/mol. The van der Waals surface area contributed by atoms with Crippen LogP contribution in [0.25, 0.3) is 0 Å². The van der Waals surface area contributed by atoms with Gasteiger partial charge in [0, 0.05) is 43.9 Å². The lowest BCUT2D eigenvalue weighted by molar-refractivity contribution is -0.133. The van der Waals surface area contributed by atoms with Gasteiger partial charge in [0.15, 0.2) is 0 Å². The molecule has 1 saturated heterocycles. The highest BCUT2D eigenvalue weighted by molar-refractivity contribution is 5.76. The minimum absolute atomic E-state index is 0.230. The third kappa shape index (κ3) is 5.22. The first-order valence-electron chi connectivity index (χ1n) is 9.18. The van der Waals surface area contributed by atoms with Crippen molar-refractivity contribution in [3.8, 4) is 11.5 Å². The van der Waals surface area contributed by atoms with Gasteiger partial charge in [-0.15, -0.1) is 0 Å². The quantitative estimate of drug-likeness (QED) is 0.765. The number of benzene rings is 1. The summed E-state index contributed by atoms with van der Waals surface area (Å²) >= 11 is 0. The number of methoxy groups -OCH3 is 1. The number of nitrogens with zero attached hydrogens (tertiary/aromatic N) is 2. The number of rotatable bonds is 7. The van der Waals surface area contributed by atoms with Crippen LogP contribution in [0.2, 0.25) is 0 Å². The Hall–Kier alpha value is -2.56. The van der Waals surface area contributed by atoms with E-state index in [1.54, 1.807) is 19.5 Å². The maximum atomic E-state index is 12.5. The molecule has 1 aromatic carbocycles. The topological polar surface area (TPSA) is 51.7 Å². The van der Waals surface area contributed by atoms with Gasteiger partial charge < -0.3 is 14.4 Å². The number of carbonyl (C=O) groups excluding carboxylic acids is 1. The molecule has 1 aromatic heterocycles. The fourth-order valence-electron chi connectivity index (χ4n) is 3.29. The van der Waals surface area contributed by atoms with Crippen LogP contribution in [0.5, 0.6) is 11.5 Å². The molecule has 0 aliphatic carbocycles. The normalized spacial score (nSPS) is 17.0. The van der Waals surface area contributed by atoms with Crippen molar-refractivity contribution in [2.75, 3.05) is 26.8 Å². The summed E-state index contributed by atoms with van der Waals surface area (Å²) in [5.74, 6) is 2.21. The van der Waals surface area contributed by atoms with Gasteiger partial charge in [0.2, 0.25) is 5.91 Å². The van der Waals surface area contributed by atoms with Gasteiger partial charge in [0.05, 0.1) is 13.7 Å². The van der Waals surface area contributed by atoms with Crippen LogP contribution in [0, 0.1) is 5.92 Å². The zero-order valence-electron chi connectivity index (χ0n) is 15.3. The van der Waals surface area contributed by atoms with Crippen molar-refractivity contribution in [3.05, 3.63) is 54.4 Å². The number of carbonyl (C=O) groups is 1. The highest BCUT2D eigenvalue weighted by Crippen LogP contribution is 2.22. The van der Waals surface area contributed by atoms with Crippen LogP contribution in [-0.4, -0.2) is 42.6 Å². The molecule has 138 valence electrons. The Labute approximate surface area is 155 Å². The van der Waals surface area contributed by atoms with E-state index in [9.17, 15) is 4.79 Å². The SMILES string of the molecule is COc1cccc(OCC2CCCN(C(=O)CCc3ccncc3)C2)c1. The van der Waals surface area contributed by atoms with Gasteiger partial charge in [0.1, 0.15) is 11.5 Å². The first-order chi connectivity index (χ1) is 12.7. The predicted molar refractivity (Wildman–Crippen MR) is 100 cm³/mol. The number of piperidine rings is 1. The maximum Gasteiger partial charge on any atom is 0.222 e. The highest BCUT2D eigenvalue weighted by atomic mass is 16.5. The first-order valence-corrected chi connectivity index (χ1v) is 9.18. The van der Waals surface area contributed by atoms with Crippen LogP contribution in [0.1, 0.15) is 24.8 Å². The molecule has 0 spiro atoms. The first kappa shape index (κ1) is 18.2. The van der Waals surface area contributed by atoms with E-state index in [0.29, 0.717) is 18.9 Å². The van der Waals surface area contributed by atoms with Crippen molar-refractivity contribution in [1.82, 2.24) is 9.88 Å². The van der Waals surface area contributed by atoms with E-state index in [0.717, 1.165) is 49.4 Å². The van der Waals surface area contributed by atoms with Crippen molar-refractivity contribution in [1.29, 1.82) is 0 Å². The zero-order valence-corrected chi connectivity index (χ0v) is 15.3. The van der Waals surface area contributed by atoms with Crippen molar-refractivity contribution in [2.24, 2.45) is 5.92 Å². The van der Waals surface area contributed by atoms with E-state index < -0.39 is 0 Å². The second kappa shape index (κ2) is 9.22. The maximum absolute atomic E-state index is 12.5. The molecule has 0 N–H and O–H groups in total. The number of amides is 1. The molecular formula is C21H26N2O3. The lowest BCUT2D eigenvalue weighted by atomic mass is 9.98. The number of hydrogen-bond donors (Lipinski definition) is 0. The average Bonchev–Trinajstić information content (AvgIpc) is 2.71. The molecule has 0 radical (unpaired) electrons. The molecule has 1 aliphatic heterocycles. The fraction of sp³-hybridized carbons (Fsp3) is 0.429. The second-order valence-electron chi connectivity index (χ2n) is 6.69. The van der Waals surface area contributed by atoms with Gasteiger partial charge in [-0.05, 0) is 49.1 Å². The molecule has 2 aromatic rings. The van der Waals surface area contributed by atoms with E-state index in [1.165, 1.54) is 0 Å². The van der Waals surface area contributed by atoms with E-state index >= 15 is 0 Å².